The smallest absolute Gasteiger partial charge is 0.277 e. The van der Waals surface area contributed by atoms with Crippen LogP contribution in [0.25, 0.3) is 22.5 Å². The van der Waals surface area contributed by atoms with Gasteiger partial charge in [-0.2, -0.15) is 5.10 Å². The number of benzene rings is 2. The van der Waals surface area contributed by atoms with Gasteiger partial charge in [0, 0.05) is 10.4 Å². The fourth-order valence-electron chi connectivity index (χ4n) is 2.58. The normalized spacial score (nSPS) is 10.9. The summed E-state index contributed by atoms with van der Waals surface area (Å²) in [7, 11) is 1.52. The van der Waals surface area contributed by atoms with E-state index in [9.17, 15) is 4.79 Å². The number of H-pyrrole nitrogens is 1. The highest BCUT2D eigenvalue weighted by Crippen LogP contribution is 2.29. The average molecular weight is 416 g/mol. The van der Waals surface area contributed by atoms with Crippen LogP contribution in [-0.4, -0.2) is 39.2 Å². The summed E-state index contributed by atoms with van der Waals surface area (Å²) in [6.45, 7) is 0. The fourth-order valence-corrected chi connectivity index (χ4v) is 3.32. The average Bonchev–Trinajstić information content (AvgIpc) is 3.33. The molecule has 2 aromatic carbocycles. The Morgan fingerprint density at radius 1 is 1.29 bits per heavy atom. The maximum absolute atomic E-state index is 12.2. The van der Waals surface area contributed by atoms with Crippen molar-refractivity contribution in [3.05, 3.63) is 47.5 Å². The number of fused-ring (bicyclic) bond motifs is 1. The number of aromatic amines is 1. The van der Waals surface area contributed by atoms with Crippen LogP contribution >= 0.6 is 23.4 Å². The van der Waals surface area contributed by atoms with Gasteiger partial charge in [-0.25, -0.2) is 0 Å². The first-order valence-electron chi connectivity index (χ1n) is 8.17. The molecular weight excluding hydrogens is 402 g/mol. The number of carbonyl (C=O) groups excluding carboxylic acids is 1. The number of halogens is 1. The molecule has 0 unspecified atom stereocenters. The summed E-state index contributed by atoms with van der Waals surface area (Å²) in [5.74, 6) is 0.638. The second kappa shape index (κ2) is 7.91. The van der Waals surface area contributed by atoms with Crippen molar-refractivity contribution in [2.75, 3.05) is 18.2 Å². The number of anilines is 1. The van der Waals surface area contributed by atoms with Crippen LogP contribution in [-0.2, 0) is 4.79 Å². The van der Waals surface area contributed by atoms with Crippen LogP contribution in [0.1, 0.15) is 0 Å². The van der Waals surface area contributed by atoms with Crippen LogP contribution in [0.2, 0.25) is 5.02 Å². The van der Waals surface area contributed by atoms with Gasteiger partial charge in [-0.05, 0) is 24.3 Å². The Morgan fingerprint density at radius 3 is 3.00 bits per heavy atom. The maximum Gasteiger partial charge on any atom is 0.277 e. The zero-order chi connectivity index (χ0) is 19.5. The number of para-hydroxylation sites is 1. The van der Waals surface area contributed by atoms with Gasteiger partial charge in [0.15, 0.2) is 5.69 Å². The van der Waals surface area contributed by atoms with Crippen molar-refractivity contribution in [1.29, 1.82) is 0 Å². The highest BCUT2D eigenvalue weighted by molar-refractivity contribution is 7.99. The lowest BCUT2D eigenvalue weighted by molar-refractivity contribution is -0.113. The summed E-state index contributed by atoms with van der Waals surface area (Å²) in [6.07, 6.45) is 0. The SMILES string of the molecule is COc1ccc(Cl)cc1NC(=O)CSc1nnc(-c2n[nH]c3ccccc23)o1. The topological polar surface area (TPSA) is 106 Å². The van der Waals surface area contributed by atoms with Crippen LogP contribution in [0.3, 0.4) is 0 Å². The number of amides is 1. The Hall–Kier alpha value is -3.04. The zero-order valence-electron chi connectivity index (χ0n) is 14.6. The van der Waals surface area contributed by atoms with E-state index in [-0.39, 0.29) is 22.8 Å². The lowest BCUT2D eigenvalue weighted by atomic mass is 10.2. The van der Waals surface area contributed by atoms with Crippen molar-refractivity contribution in [3.63, 3.8) is 0 Å². The molecule has 0 radical (unpaired) electrons. The molecule has 0 aliphatic carbocycles. The van der Waals surface area contributed by atoms with Gasteiger partial charge in [0.1, 0.15) is 5.75 Å². The molecule has 4 rings (SSSR count). The summed E-state index contributed by atoms with van der Waals surface area (Å²) in [6, 6.07) is 12.6. The largest absolute Gasteiger partial charge is 0.495 e. The van der Waals surface area contributed by atoms with Crippen molar-refractivity contribution < 1.29 is 13.9 Å². The monoisotopic (exact) mass is 415 g/mol. The standard InChI is InChI=1S/C18H14ClN5O3S/c1-26-14-7-6-10(19)8-13(14)20-15(25)9-28-18-24-23-17(27-18)16-11-4-2-3-5-12(11)21-22-16/h2-8H,9H2,1H3,(H,20,25)(H,21,22). The van der Waals surface area contributed by atoms with Gasteiger partial charge < -0.3 is 14.5 Å². The van der Waals surface area contributed by atoms with E-state index in [0.717, 1.165) is 22.7 Å². The number of hydrogen-bond acceptors (Lipinski definition) is 7. The highest BCUT2D eigenvalue weighted by atomic mass is 35.5. The summed E-state index contributed by atoms with van der Waals surface area (Å²) in [5.41, 5.74) is 1.94. The highest BCUT2D eigenvalue weighted by Gasteiger charge is 2.16. The van der Waals surface area contributed by atoms with Gasteiger partial charge in [0.25, 0.3) is 11.1 Å². The van der Waals surface area contributed by atoms with Gasteiger partial charge >= 0.3 is 0 Å². The summed E-state index contributed by atoms with van der Waals surface area (Å²) in [4.78, 5) is 12.2. The van der Waals surface area contributed by atoms with E-state index in [1.807, 2.05) is 24.3 Å². The molecule has 0 saturated carbocycles. The minimum Gasteiger partial charge on any atom is -0.495 e. The number of carbonyl (C=O) groups is 1. The number of nitrogens with one attached hydrogen (secondary N) is 2. The molecule has 8 nitrogen and oxygen atoms in total. The zero-order valence-corrected chi connectivity index (χ0v) is 16.2. The molecule has 1 amide bonds. The first-order chi connectivity index (χ1) is 13.6. The van der Waals surface area contributed by atoms with Gasteiger partial charge in [-0.1, -0.05) is 41.6 Å². The fraction of sp³-hybridized carbons (Fsp3) is 0.111. The lowest BCUT2D eigenvalue weighted by Gasteiger charge is -2.09. The Morgan fingerprint density at radius 2 is 2.14 bits per heavy atom. The summed E-state index contributed by atoms with van der Waals surface area (Å²) >= 11 is 7.09. The molecule has 0 bridgehead atoms. The van der Waals surface area contributed by atoms with Crippen LogP contribution in [0.5, 0.6) is 5.75 Å². The van der Waals surface area contributed by atoms with E-state index < -0.39 is 0 Å². The third kappa shape index (κ3) is 3.80. The molecule has 142 valence electrons. The molecule has 0 atom stereocenters. The van der Waals surface area contributed by atoms with Crippen molar-refractivity contribution in [2.45, 2.75) is 5.22 Å². The number of rotatable bonds is 6. The molecule has 4 aromatic rings. The van der Waals surface area contributed by atoms with E-state index in [4.69, 9.17) is 20.8 Å². The van der Waals surface area contributed by atoms with Gasteiger partial charge in [0.05, 0.1) is 24.1 Å². The Balaban J connectivity index is 1.42. The minimum atomic E-state index is -0.254. The molecule has 0 aliphatic rings. The van der Waals surface area contributed by atoms with Crippen molar-refractivity contribution in [2.24, 2.45) is 0 Å². The van der Waals surface area contributed by atoms with E-state index >= 15 is 0 Å². The molecule has 10 heteroatoms. The first-order valence-corrected chi connectivity index (χ1v) is 9.53. The third-order valence-corrected chi connectivity index (χ3v) is 4.90. The van der Waals surface area contributed by atoms with Crippen molar-refractivity contribution in [3.8, 4) is 17.3 Å². The van der Waals surface area contributed by atoms with Crippen LogP contribution < -0.4 is 10.1 Å². The molecule has 0 saturated heterocycles. The van der Waals surface area contributed by atoms with E-state index in [0.29, 0.717) is 22.2 Å². The number of thioether (sulfide) groups is 1. The molecule has 2 aromatic heterocycles. The molecule has 0 fully saturated rings. The molecule has 0 aliphatic heterocycles. The number of aromatic nitrogens is 4. The van der Waals surface area contributed by atoms with Crippen LogP contribution in [0.15, 0.2) is 52.1 Å². The second-order valence-corrected chi connectivity index (χ2v) is 7.04. The lowest BCUT2D eigenvalue weighted by Crippen LogP contribution is -2.14. The first kappa shape index (κ1) is 18.3. The molecule has 2 heterocycles. The maximum atomic E-state index is 12.2. The van der Waals surface area contributed by atoms with Gasteiger partial charge in [-0.15, -0.1) is 10.2 Å². The minimum absolute atomic E-state index is 0.0820. The van der Waals surface area contributed by atoms with Crippen molar-refractivity contribution in [1.82, 2.24) is 20.4 Å². The Bertz CT molecular complexity index is 1140. The predicted octanol–water partition coefficient (Wildman–Crippen LogP) is 4.01. The van der Waals surface area contributed by atoms with Gasteiger partial charge in [-0.3, -0.25) is 9.89 Å². The van der Waals surface area contributed by atoms with Crippen LogP contribution in [0, 0.1) is 0 Å². The summed E-state index contributed by atoms with van der Waals surface area (Å²) in [5, 5.41) is 19.5. The molecular formula is C18H14ClN5O3S. The van der Waals surface area contributed by atoms with E-state index in [1.54, 1.807) is 18.2 Å². The Labute approximate surface area is 168 Å². The number of ether oxygens (including phenoxy) is 1. The Kier molecular flexibility index (Phi) is 5.18. The van der Waals surface area contributed by atoms with E-state index in [1.165, 1.54) is 7.11 Å². The quantitative estimate of drug-likeness (QED) is 0.458. The number of hydrogen-bond donors (Lipinski definition) is 2. The molecule has 2 N–H and O–H groups in total. The van der Waals surface area contributed by atoms with E-state index in [2.05, 4.69) is 25.7 Å². The number of methoxy groups -OCH3 is 1. The van der Waals surface area contributed by atoms with Crippen molar-refractivity contribution >= 4 is 45.9 Å². The molecule has 28 heavy (non-hydrogen) atoms. The number of nitrogens with zero attached hydrogens (tertiary/aromatic N) is 3. The third-order valence-electron chi connectivity index (χ3n) is 3.84. The predicted molar refractivity (Wildman–Crippen MR) is 107 cm³/mol. The van der Waals surface area contributed by atoms with Gasteiger partial charge in [0.2, 0.25) is 5.91 Å². The van der Waals surface area contributed by atoms with Crippen LogP contribution in [0.4, 0.5) is 5.69 Å². The summed E-state index contributed by atoms with van der Waals surface area (Å²) < 4.78 is 10.8. The second-order valence-electron chi connectivity index (χ2n) is 5.67. The molecule has 0 spiro atoms.